The Morgan fingerprint density at radius 2 is 1.54 bits per heavy atom. The topological polar surface area (TPSA) is 74.2 Å². The van der Waals surface area contributed by atoms with Gasteiger partial charge in [-0.3, -0.25) is 9.97 Å². The first-order valence-corrected chi connectivity index (χ1v) is 8.16. The molecule has 0 N–H and O–H groups in total. The van der Waals surface area contributed by atoms with E-state index < -0.39 is 5.97 Å². The van der Waals surface area contributed by atoms with Crippen LogP contribution >= 0.6 is 0 Å². The molecule has 0 atom stereocenters. The van der Waals surface area contributed by atoms with Gasteiger partial charge in [-0.1, -0.05) is 12.1 Å². The maximum absolute atomic E-state index is 12.3. The summed E-state index contributed by atoms with van der Waals surface area (Å²) in [6.45, 7) is 0.358. The fourth-order valence-electron chi connectivity index (χ4n) is 2.72. The van der Waals surface area contributed by atoms with Gasteiger partial charge in [0.05, 0.1) is 11.0 Å². The molecular formula is C20H15N3O3. The van der Waals surface area contributed by atoms with Crippen molar-refractivity contribution in [3.05, 3.63) is 72.8 Å². The summed E-state index contributed by atoms with van der Waals surface area (Å²) in [6, 6.07) is 14.8. The fourth-order valence-corrected chi connectivity index (χ4v) is 2.72. The molecule has 0 spiro atoms. The standard InChI is InChI=1S/C20H15N3O3/c24-20(19-15-5-3-9-21-17(15)7-10-23-19)26-13-12-25-18-8-11-22-16-6-2-1-4-14(16)18/h1-11H,12-13H2. The molecule has 0 saturated carbocycles. The zero-order chi connectivity index (χ0) is 17.8. The Morgan fingerprint density at radius 3 is 2.50 bits per heavy atom. The minimum Gasteiger partial charge on any atom is -0.489 e. The number of benzene rings is 1. The molecule has 3 heterocycles. The molecule has 0 unspecified atom stereocenters. The number of fused-ring (bicyclic) bond motifs is 2. The number of carbonyl (C=O) groups is 1. The van der Waals surface area contributed by atoms with E-state index in [1.807, 2.05) is 24.3 Å². The molecule has 6 nitrogen and oxygen atoms in total. The van der Waals surface area contributed by atoms with Crippen molar-refractivity contribution in [1.82, 2.24) is 15.0 Å². The smallest absolute Gasteiger partial charge is 0.357 e. The highest BCUT2D eigenvalue weighted by Gasteiger charge is 2.13. The summed E-state index contributed by atoms with van der Waals surface area (Å²) >= 11 is 0. The van der Waals surface area contributed by atoms with Gasteiger partial charge in [0.2, 0.25) is 0 Å². The summed E-state index contributed by atoms with van der Waals surface area (Å²) in [5.41, 5.74) is 1.81. The van der Waals surface area contributed by atoms with Crippen molar-refractivity contribution in [3.8, 4) is 5.75 Å². The number of hydrogen-bond donors (Lipinski definition) is 0. The van der Waals surface area contributed by atoms with Crippen molar-refractivity contribution in [2.75, 3.05) is 13.2 Å². The van der Waals surface area contributed by atoms with Crippen LogP contribution in [-0.4, -0.2) is 34.1 Å². The largest absolute Gasteiger partial charge is 0.489 e. The van der Waals surface area contributed by atoms with E-state index in [9.17, 15) is 4.79 Å². The molecule has 6 heteroatoms. The molecular weight excluding hydrogens is 330 g/mol. The number of para-hydroxylation sites is 1. The van der Waals surface area contributed by atoms with Gasteiger partial charge in [0.1, 0.15) is 19.0 Å². The average Bonchev–Trinajstić information content (AvgIpc) is 2.70. The Morgan fingerprint density at radius 1 is 0.769 bits per heavy atom. The lowest BCUT2D eigenvalue weighted by Crippen LogP contribution is -2.14. The normalized spacial score (nSPS) is 10.8. The molecule has 4 aromatic rings. The molecule has 128 valence electrons. The minimum absolute atomic E-state index is 0.119. The van der Waals surface area contributed by atoms with E-state index in [0.717, 1.165) is 10.9 Å². The number of carbonyl (C=O) groups excluding carboxylic acids is 1. The second-order valence-electron chi connectivity index (χ2n) is 5.54. The first-order valence-electron chi connectivity index (χ1n) is 8.16. The van der Waals surface area contributed by atoms with Crippen molar-refractivity contribution in [3.63, 3.8) is 0 Å². The van der Waals surface area contributed by atoms with Crippen LogP contribution in [0.4, 0.5) is 0 Å². The van der Waals surface area contributed by atoms with Gasteiger partial charge in [-0.25, -0.2) is 9.78 Å². The third-order valence-electron chi connectivity index (χ3n) is 3.91. The van der Waals surface area contributed by atoms with Crippen LogP contribution < -0.4 is 4.74 Å². The summed E-state index contributed by atoms with van der Waals surface area (Å²) in [6.07, 6.45) is 4.91. The highest BCUT2D eigenvalue weighted by Crippen LogP contribution is 2.23. The number of pyridine rings is 3. The van der Waals surface area contributed by atoms with Gasteiger partial charge >= 0.3 is 5.97 Å². The van der Waals surface area contributed by atoms with E-state index in [1.54, 1.807) is 42.9 Å². The first-order chi connectivity index (χ1) is 12.8. The molecule has 0 bridgehead atoms. The van der Waals surface area contributed by atoms with Crippen LogP contribution in [0.2, 0.25) is 0 Å². The van der Waals surface area contributed by atoms with Gasteiger partial charge in [0, 0.05) is 29.4 Å². The third kappa shape index (κ3) is 3.17. The molecule has 3 aromatic heterocycles. The summed E-state index contributed by atoms with van der Waals surface area (Å²) < 4.78 is 11.0. The Hall–Kier alpha value is -3.54. The Labute approximate surface area is 149 Å². The van der Waals surface area contributed by atoms with Crippen LogP contribution in [0.5, 0.6) is 5.75 Å². The predicted molar refractivity (Wildman–Crippen MR) is 97.1 cm³/mol. The van der Waals surface area contributed by atoms with Crippen molar-refractivity contribution in [1.29, 1.82) is 0 Å². The lowest BCUT2D eigenvalue weighted by atomic mass is 10.2. The van der Waals surface area contributed by atoms with Crippen LogP contribution in [-0.2, 0) is 4.74 Å². The Balaban J connectivity index is 1.41. The number of rotatable bonds is 5. The van der Waals surface area contributed by atoms with Crippen molar-refractivity contribution in [2.24, 2.45) is 0 Å². The van der Waals surface area contributed by atoms with Gasteiger partial charge in [-0.05, 0) is 36.4 Å². The zero-order valence-electron chi connectivity index (χ0n) is 13.8. The number of hydrogen-bond acceptors (Lipinski definition) is 6. The van der Waals surface area contributed by atoms with E-state index in [-0.39, 0.29) is 18.9 Å². The maximum atomic E-state index is 12.3. The maximum Gasteiger partial charge on any atom is 0.357 e. The van der Waals surface area contributed by atoms with Gasteiger partial charge in [-0.15, -0.1) is 0 Å². The molecule has 0 radical (unpaired) electrons. The highest BCUT2D eigenvalue weighted by molar-refractivity contribution is 6.01. The van der Waals surface area contributed by atoms with Crippen LogP contribution in [0.3, 0.4) is 0 Å². The quantitative estimate of drug-likeness (QED) is 0.408. The monoisotopic (exact) mass is 345 g/mol. The molecule has 0 aliphatic rings. The number of nitrogens with zero attached hydrogens (tertiary/aromatic N) is 3. The van der Waals surface area contributed by atoms with Gasteiger partial charge in [0.15, 0.2) is 5.69 Å². The van der Waals surface area contributed by atoms with Crippen molar-refractivity contribution < 1.29 is 14.3 Å². The van der Waals surface area contributed by atoms with Crippen LogP contribution in [0.25, 0.3) is 21.8 Å². The summed E-state index contributed by atoms with van der Waals surface area (Å²) in [7, 11) is 0. The Kier molecular flexibility index (Phi) is 4.38. The lowest BCUT2D eigenvalue weighted by Gasteiger charge is -2.10. The molecule has 0 aliphatic heterocycles. The molecule has 1 aromatic carbocycles. The first kappa shape index (κ1) is 16.0. The third-order valence-corrected chi connectivity index (χ3v) is 3.91. The number of ether oxygens (including phenoxy) is 2. The second-order valence-corrected chi connectivity index (χ2v) is 5.54. The van der Waals surface area contributed by atoms with Crippen molar-refractivity contribution in [2.45, 2.75) is 0 Å². The van der Waals surface area contributed by atoms with E-state index >= 15 is 0 Å². The fraction of sp³-hybridized carbons (Fsp3) is 0.100. The molecule has 26 heavy (non-hydrogen) atoms. The van der Waals surface area contributed by atoms with E-state index in [1.165, 1.54) is 0 Å². The molecule has 4 rings (SSSR count). The highest BCUT2D eigenvalue weighted by atomic mass is 16.6. The SMILES string of the molecule is O=C(OCCOc1ccnc2ccccc12)c1nccc2ncccc12. The summed E-state index contributed by atoms with van der Waals surface area (Å²) in [5, 5.41) is 1.59. The lowest BCUT2D eigenvalue weighted by molar-refractivity contribution is 0.0447. The van der Waals surface area contributed by atoms with E-state index in [0.29, 0.717) is 16.7 Å². The van der Waals surface area contributed by atoms with Gasteiger partial charge in [-0.2, -0.15) is 0 Å². The summed E-state index contributed by atoms with van der Waals surface area (Å²) in [5.74, 6) is 0.214. The van der Waals surface area contributed by atoms with Gasteiger partial charge < -0.3 is 9.47 Å². The number of esters is 1. The molecule has 0 fully saturated rings. The summed E-state index contributed by atoms with van der Waals surface area (Å²) in [4.78, 5) is 24.9. The Bertz CT molecular complexity index is 1070. The number of aromatic nitrogens is 3. The van der Waals surface area contributed by atoms with Crippen LogP contribution in [0.15, 0.2) is 67.1 Å². The second kappa shape index (κ2) is 7.14. The van der Waals surface area contributed by atoms with E-state index in [2.05, 4.69) is 15.0 Å². The van der Waals surface area contributed by atoms with Crippen LogP contribution in [0.1, 0.15) is 10.5 Å². The zero-order valence-corrected chi connectivity index (χ0v) is 13.8. The van der Waals surface area contributed by atoms with Gasteiger partial charge in [0.25, 0.3) is 0 Å². The minimum atomic E-state index is -0.494. The molecule has 0 saturated heterocycles. The van der Waals surface area contributed by atoms with E-state index in [4.69, 9.17) is 9.47 Å². The molecule has 0 amide bonds. The van der Waals surface area contributed by atoms with Crippen molar-refractivity contribution >= 4 is 27.8 Å². The molecule has 0 aliphatic carbocycles. The predicted octanol–water partition coefficient (Wildman–Crippen LogP) is 3.41. The van der Waals surface area contributed by atoms with Crippen LogP contribution in [0, 0.1) is 0 Å². The average molecular weight is 345 g/mol.